The van der Waals surface area contributed by atoms with Crippen LogP contribution in [0.3, 0.4) is 0 Å². The fourth-order valence-corrected chi connectivity index (χ4v) is 4.24. The van der Waals surface area contributed by atoms with E-state index in [0.29, 0.717) is 19.6 Å². The maximum absolute atomic E-state index is 12.8. The maximum atomic E-state index is 12.8. The molecule has 5 nitrogen and oxygen atoms in total. The van der Waals surface area contributed by atoms with Gasteiger partial charge in [0.1, 0.15) is 0 Å². The second kappa shape index (κ2) is 8.12. The summed E-state index contributed by atoms with van der Waals surface area (Å²) >= 11 is 1.48. The highest BCUT2D eigenvalue weighted by molar-refractivity contribution is 7.12. The molecule has 6 heteroatoms. The van der Waals surface area contributed by atoms with Crippen LogP contribution in [0.15, 0.2) is 17.5 Å². The molecule has 3 heterocycles. The molecule has 0 spiro atoms. The van der Waals surface area contributed by atoms with Crippen molar-refractivity contribution < 1.29 is 14.3 Å². The minimum atomic E-state index is 0.0405. The van der Waals surface area contributed by atoms with Crippen molar-refractivity contribution in [2.24, 2.45) is 5.92 Å². The third kappa shape index (κ3) is 3.98. The lowest BCUT2D eigenvalue weighted by molar-refractivity contribution is -0.138. The molecule has 2 aliphatic rings. The standard InChI is InChI=1S/C18H26N2O3S/c1-2-19(13-15-5-3-11-23-15)17(21)14-7-9-20(10-8-14)18(22)16-6-4-12-24-16/h4,6,12,14-15H,2-3,5,7-11,13H2,1H3. The van der Waals surface area contributed by atoms with Gasteiger partial charge in [0.25, 0.3) is 5.91 Å². The van der Waals surface area contributed by atoms with Crippen LogP contribution in [0.5, 0.6) is 0 Å². The number of amides is 2. The van der Waals surface area contributed by atoms with Crippen molar-refractivity contribution in [1.29, 1.82) is 0 Å². The molecule has 0 bridgehead atoms. The van der Waals surface area contributed by atoms with Gasteiger partial charge in [0, 0.05) is 38.7 Å². The molecule has 0 saturated carbocycles. The second-order valence-corrected chi connectivity index (χ2v) is 7.50. The van der Waals surface area contributed by atoms with Crippen LogP contribution in [0.25, 0.3) is 0 Å². The number of carbonyl (C=O) groups excluding carboxylic acids is 2. The molecule has 2 saturated heterocycles. The van der Waals surface area contributed by atoms with Crippen LogP contribution in [0.2, 0.25) is 0 Å². The lowest BCUT2D eigenvalue weighted by Gasteiger charge is -2.34. The molecule has 1 aromatic heterocycles. The number of hydrogen-bond donors (Lipinski definition) is 0. The van der Waals surface area contributed by atoms with E-state index in [2.05, 4.69) is 0 Å². The van der Waals surface area contributed by atoms with Crippen molar-refractivity contribution in [3.8, 4) is 0 Å². The largest absolute Gasteiger partial charge is 0.376 e. The van der Waals surface area contributed by atoms with E-state index in [9.17, 15) is 9.59 Å². The zero-order valence-corrected chi connectivity index (χ0v) is 15.1. The Kier molecular flexibility index (Phi) is 5.89. The van der Waals surface area contributed by atoms with Gasteiger partial charge in [-0.15, -0.1) is 11.3 Å². The summed E-state index contributed by atoms with van der Waals surface area (Å²) in [7, 11) is 0. The molecule has 1 atom stereocenters. The first-order chi connectivity index (χ1) is 11.7. The first-order valence-electron chi connectivity index (χ1n) is 8.92. The summed E-state index contributed by atoms with van der Waals surface area (Å²) < 4.78 is 5.67. The first-order valence-corrected chi connectivity index (χ1v) is 9.80. The predicted octanol–water partition coefficient (Wildman–Crippen LogP) is 2.63. The number of rotatable bonds is 5. The summed E-state index contributed by atoms with van der Waals surface area (Å²) in [6.45, 7) is 5.63. The highest BCUT2D eigenvalue weighted by atomic mass is 32.1. The Labute approximate surface area is 147 Å². The summed E-state index contributed by atoms with van der Waals surface area (Å²) in [5.41, 5.74) is 0. The Hall–Kier alpha value is -1.40. The van der Waals surface area contributed by atoms with E-state index in [0.717, 1.165) is 43.7 Å². The number of carbonyl (C=O) groups is 2. The lowest BCUT2D eigenvalue weighted by Crippen LogP contribution is -2.46. The van der Waals surface area contributed by atoms with Crippen molar-refractivity contribution in [3.63, 3.8) is 0 Å². The van der Waals surface area contributed by atoms with E-state index in [4.69, 9.17) is 4.74 Å². The minimum Gasteiger partial charge on any atom is -0.376 e. The van der Waals surface area contributed by atoms with Gasteiger partial charge in [-0.25, -0.2) is 0 Å². The van der Waals surface area contributed by atoms with Gasteiger partial charge in [0.15, 0.2) is 0 Å². The summed E-state index contributed by atoms with van der Waals surface area (Å²) in [5, 5.41) is 1.92. The average molecular weight is 350 g/mol. The molecule has 2 amide bonds. The molecule has 0 radical (unpaired) electrons. The number of likely N-dealkylation sites (tertiary alicyclic amines) is 1. The van der Waals surface area contributed by atoms with E-state index in [-0.39, 0.29) is 23.8 Å². The van der Waals surface area contributed by atoms with Crippen LogP contribution in [0.4, 0.5) is 0 Å². The van der Waals surface area contributed by atoms with E-state index in [1.165, 1.54) is 11.3 Å². The average Bonchev–Trinajstić information content (AvgIpc) is 3.32. The fraction of sp³-hybridized carbons (Fsp3) is 0.667. The predicted molar refractivity (Wildman–Crippen MR) is 94.2 cm³/mol. The molecular formula is C18H26N2O3S. The van der Waals surface area contributed by atoms with Gasteiger partial charge < -0.3 is 14.5 Å². The quantitative estimate of drug-likeness (QED) is 0.820. The van der Waals surface area contributed by atoms with E-state index < -0.39 is 0 Å². The summed E-state index contributed by atoms with van der Waals surface area (Å²) in [6.07, 6.45) is 3.88. The van der Waals surface area contributed by atoms with E-state index in [1.807, 2.05) is 34.2 Å². The second-order valence-electron chi connectivity index (χ2n) is 6.56. The van der Waals surface area contributed by atoms with Crippen LogP contribution >= 0.6 is 11.3 Å². The lowest BCUT2D eigenvalue weighted by atomic mass is 9.95. The number of thiophene rings is 1. The number of ether oxygens (including phenoxy) is 1. The highest BCUT2D eigenvalue weighted by Gasteiger charge is 2.31. The Morgan fingerprint density at radius 2 is 2.12 bits per heavy atom. The van der Waals surface area contributed by atoms with Crippen molar-refractivity contribution in [2.75, 3.05) is 32.8 Å². The molecule has 0 N–H and O–H groups in total. The van der Waals surface area contributed by atoms with Gasteiger partial charge in [-0.05, 0) is 44.1 Å². The third-order valence-corrected chi connectivity index (χ3v) is 5.86. The molecule has 0 aliphatic carbocycles. The fourth-order valence-electron chi connectivity index (χ4n) is 3.55. The maximum Gasteiger partial charge on any atom is 0.263 e. The molecule has 1 aromatic rings. The topological polar surface area (TPSA) is 49.9 Å². The molecule has 2 fully saturated rings. The molecule has 1 unspecified atom stereocenters. The molecular weight excluding hydrogens is 324 g/mol. The van der Waals surface area contributed by atoms with E-state index in [1.54, 1.807) is 0 Å². The summed E-state index contributed by atoms with van der Waals surface area (Å²) in [5.74, 6) is 0.373. The number of nitrogens with zero attached hydrogens (tertiary/aromatic N) is 2. The number of piperidine rings is 1. The summed E-state index contributed by atoms with van der Waals surface area (Å²) in [4.78, 5) is 29.8. The molecule has 132 valence electrons. The van der Waals surface area contributed by atoms with Crippen LogP contribution in [0.1, 0.15) is 42.3 Å². The Morgan fingerprint density at radius 3 is 2.71 bits per heavy atom. The molecule has 24 heavy (non-hydrogen) atoms. The van der Waals surface area contributed by atoms with Gasteiger partial charge >= 0.3 is 0 Å². The van der Waals surface area contributed by atoms with Crippen molar-refractivity contribution in [1.82, 2.24) is 9.80 Å². The van der Waals surface area contributed by atoms with Gasteiger partial charge in [-0.2, -0.15) is 0 Å². The van der Waals surface area contributed by atoms with Crippen LogP contribution in [-0.4, -0.2) is 60.5 Å². The first kappa shape index (κ1) is 17.4. The van der Waals surface area contributed by atoms with Gasteiger partial charge in [-0.1, -0.05) is 6.07 Å². The minimum absolute atomic E-state index is 0.0405. The smallest absolute Gasteiger partial charge is 0.263 e. The van der Waals surface area contributed by atoms with Crippen molar-refractivity contribution >= 4 is 23.2 Å². The Bertz CT molecular complexity index is 547. The van der Waals surface area contributed by atoms with Gasteiger partial charge in [-0.3, -0.25) is 9.59 Å². The number of likely N-dealkylation sites (N-methyl/N-ethyl adjacent to an activating group) is 1. The van der Waals surface area contributed by atoms with Gasteiger partial charge in [0.05, 0.1) is 11.0 Å². The zero-order chi connectivity index (χ0) is 16.9. The third-order valence-electron chi connectivity index (χ3n) is 5.00. The van der Waals surface area contributed by atoms with Crippen LogP contribution < -0.4 is 0 Å². The normalized spacial score (nSPS) is 21.9. The highest BCUT2D eigenvalue weighted by Crippen LogP contribution is 2.23. The van der Waals surface area contributed by atoms with Crippen LogP contribution in [0, 0.1) is 5.92 Å². The number of hydrogen-bond acceptors (Lipinski definition) is 4. The van der Waals surface area contributed by atoms with E-state index >= 15 is 0 Å². The SMILES string of the molecule is CCN(CC1CCCO1)C(=O)C1CCN(C(=O)c2cccs2)CC1. The molecule has 3 rings (SSSR count). The Balaban J connectivity index is 1.51. The van der Waals surface area contributed by atoms with Crippen LogP contribution in [-0.2, 0) is 9.53 Å². The summed E-state index contributed by atoms with van der Waals surface area (Å²) in [6, 6.07) is 3.77. The monoisotopic (exact) mass is 350 g/mol. The Morgan fingerprint density at radius 1 is 1.33 bits per heavy atom. The van der Waals surface area contributed by atoms with Crippen molar-refractivity contribution in [2.45, 2.75) is 38.7 Å². The zero-order valence-electron chi connectivity index (χ0n) is 14.3. The molecule has 0 aromatic carbocycles. The molecule has 2 aliphatic heterocycles. The van der Waals surface area contributed by atoms with Gasteiger partial charge in [0.2, 0.25) is 5.91 Å². The van der Waals surface area contributed by atoms with Crippen molar-refractivity contribution in [3.05, 3.63) is 22.4 Å².